The summed E-state index contributed by atoms with van der Waals surface area (Å²) in [6, 6.07) is 16.8. The van der Waals surface area contributed by atoms with Crippen LogP contribution in [0.2, 0.25) is 0 Å². The minimum Gasteiger partial charge on any atom is -0.508 e. The number of fused-ring (bicyclic) bond motifs is 1. The molecular formula is C16H12N4OS2. The Morgan fingerprint density at radius 3 is 2.52 bits per heavy atom. The number of thioether (sulfide) groups is 2. The molecule has 2 heterocycles. The monoisotopic (exact) mass is 340 g/mol. The Balaban J connectivity index is 1.82. The van der Waals surface area contributed by atoms with Gasteiger partial charge in [0, 0.05) is 5.56 Å². The van der Waals surface area contributed by atoms with E-state index in [2.05, 4.69) is 10.2 Å². The van der Waals surface area contributed by atoms with Gasteiger partial charge >= 0.3 is 0 Å². The third kappa shape index (κ3) is 2.85. The molecule has 1 N–H and O–H groups in total. The smallest absolute Gasteiger partial charge is 0.198 e. The van der Waals surface area contributed by atoms with Crippen molar-refractivity contribution in [2.24, 2.45) is 4.99 Å². The van der Waals surface area contributed by atoms with Crippen LogP contribution in [0, 0.1) is 0 Å². The molecule has 0 atom stereocenters. The average Bonchev–Trinajstić information content (AvgIpc) is 3.02. The molecule has 4 rings (SSSR count). The Bertz CT molecular complexity index is 860. The van der Waals surface area contributed by atoms with Crippen molar-refractivity contribution in [3.05, 3.63) is 54.6 Å². The number of nitrogens with zero attached hydrogens (tertiary/aromatic N) is 4. The standard InChI is InChI=1S/C16H12N4OS2/c21-13-8-6-11(7-9-13)14-18-19-16-20(14)15(22-10-23-16)17-12-4-2-1-3-5-12/h1-9,21H,10H2. The maximum atomic E-state index is 9.46. The third-order valence-corrected chi connectivity index (χ3v) is 5.30. The van der Waals surface area contributed by atoms with Crippen molar-refractivity contribution in [1.82, 2.24) is 14.8 Å². The molecular weight excluding hydrogens is 328 g/mol. The highest BCUT2D eigenvalue weighted by Gasteiger charge is 2.23. The van der Waals surface area contributed by atoms with Gasteiger partial charge in [-0.05, 0) is 36.4 Å². The van der Waals surface area contributed by atoms with E-state index < -0.39 is 0 Å². The van der Waals surface area contributed by atoms with Gasteiger partial charge in [-0.15, -0.1) is 10.2 Å². The van der Waals surface area contributed by atoms with Crippen LogP contribution < -0.4 is 0 Å². The molecule has 0 bridgehead atoms. The highest BCUT2D eigenvalue weighted by atomic mass is 32.2. The van der Waals surface area contributed by atoms with Gasteiger partial charge in [-0.2, -0.15) is 0 Å². The summed E-state index contributed by atoms with van der Waals surface area (Å²) in [5.41, 5.74) is 1.80. The summed E-state index contributed by atoms with van der Waals surface area (Å²) in [7, 11) is 0. The van der Waals surface area contributed by atoms with Crippen LogP contribution >= 0.6 is 23.5 Å². The first-order chi connectivity index (χ1) is 11.3. The molecule has 114 valence electrons. The molecule has 0 radical (unpaired) electrons. The second-order valence-corrected chi connectivity index (χ2v) is 7.08. The molecule has 3 aromatic rings. The van der Waals surface area contributed by atoms with Crippen LogP contribution in [0.5, 0.6) is 5.75 Å². The Morgan fingerprint density at radius 2 is 1.74 bits per heavy atom. The molecule has 0 aliphatic carbocycles. The van der Waals surface area contributed by atoms with E-state index in [1.165, 1.54) is 0 Å². The minimum atomic E-state index is 0.231. The predicted octanol–water partition coefficient (Wildman–Crippen LogP) is 3.98. The molecule has 1 aromatic heterocycles. The fourth-order valence-electron chi connectivity index (χ4n) is 2.23. The predicted molar refractivity (Wildman–Crippen MR) is 94.4 cm³/mol. The molecule has 1 aliphatic rings. The summed E-state index contributed by atoms with van der Waals surface area (Å²) in [6.45, 7) is 0. The highest BCUT2D eigenvalue weighted by molar-refractivity contribution is 8.24. The lowest BCUT2D eigenvalue weighted by molar-refractivity contribution is 0.475. The average molecular weight is 340 g/mol. The second kappa shape index (κ2) is 6.10. The quantitative estimate of drug-likeness (QED) is 0.764. The van der Waals surface area contributed by atoms with E-state index in [0.717, 1.165) is 32.5 Å². The Kier molecular flexibility index (Phi) is 3.80. The van der Waals surface area contributed by atoms with Crippen molar-refractivity contribution in [1.29, 1.82) is 0 Å². The van der Waals surface area contributed by atoms with Crippen molar-refractivity contribution in [3.63, 3.8) is 0 Å². The molecule has 0 unspecified atom stereocenters. The molecule has 0 fully saturated rings. The highest BCUT2D eigenvalue weighted by Crippen LogP contribution is 2.34. The molecule has 0 saturated carbocycles. The lowest BCUT2D eigenvalue weighted by Gasteiger charge is -2.16. The fraction of sp³-hybridized carbons (Fsp3) is 0.0625. The van der Waals surface area contributed by atoms with Gasteiger partial charge in [-0.25, -0.2) is 9.56 Å². The second-order valence-electron chi connectivity index (χ2n) is 4.82. The number of phenols is 1. The lowest BCUT2D eigenvalue weighted by atomic mass is 10.2. The number of para-hydroxylation sites is 1. The van der Waals surface area contributed by atoms with Crippen LogP contribution in [-0.4, -0.2) is 30.1 Å². The maximum Gasteiger partial charge on any atom is 0.198 e. The van der Waals surface area contributed by atoms with Crippen molar-refractivity contribution in [2.75, 3.05) is 5.08 Å². The number of aromatic hydroxyl groups is 1. The van der Waals surface area contributed by atoms with Crippen molar-refractivity contribution < 1.29 is 5.11 Å². The number of rotatable bonds is 2. The van der Waals surface area contributed by atoms with Crippen molar-refractivity contribution in [3.8, 4) is 17.1 Å². The van der Waals surface area contributed by atoms with Gasteiger partial charge in [0.25, 0.3) is 0 Å². The summed E-state index contributed by atoms with van der Waals surface area (Å²) in [5, 5.41) is 20.6. The van der Waals surface area contributed by atoms with Crippen molar-refractivity contribution in [2.45, 2.75) is 5.16 Å². The number of benzene rings is 2. The van der Waals surface area contributed by atoms with Gasteiger partial charge in [0.15, 0.2) is 16.1 Å². The minimum absolute atomic E-state index is 0.231. The van der Waals surface area contributed by atoms with Crippen LogP contribution in [0.1, 0.15) is 0 Å². The number of hydrogen-bond donors (Lipinski definition) is 1. The third-order valence-electron chi connectivity index (χ3n) is 3.31. The van der Waals surface area contributed by atoms with E-state index >= 15 is 0 Å². The van der Waals surface area contributed by atoms with Crippen molar-refractivity contribution >= 4 is 34.4 Å². The zero-order valence-corrected chi connectivity index (χ0v) is 13.6. The zero-order valence-electron chi connectivity index (χ0n) is 12.0. The molecule has 1 aliphatic heterocycles. The summed E-state index contributed by atoms with van der Waals surface area (Å²) >= 11 is 3.31. The Labute approximate surface area is 141 Å². The first-order valence-corrected chi connectivity index (χ1v) is 8.93. The summed E-state index contributed by atoms with van der Waals surface area (Å²) < 4.78 is 1.97. The first-order valence-electron chi connectivity index (χ1n) is 6.96. The van der Waals surface area contributed by atoms with Gasteiger partial charge in [-0.1, -0.05) is 41.7 Å². The molecule has 2 aromatic carbocycles. The molecule has 0 amide bonds. The van der Waals surface area contributed by atoms with Crippen LogP contribution in [-0.2, 0) is 0 Å². The van der Waals surface area contributed by atoms with Crippen LogP contribution in [0.15, 0.2) is 64.7 Å². The van der Waals surface area contributed by atoms with Gasteiger partial charge in [0.2, 0.25) is 0 Å². The lowest BCUT2D eigenvalue weighted by Crippen LogP contribution is -2.14. The zero-order chi connectivity index (χ0) is 15.6. The molecule has 0 spiro atoms. The summed E-state index contributed by atoms with van der Waals surface area (Å²) in [6.07, 6.45) is 0. The number of hydrogen-bond acceptors (Lipinski definition) is 6. The van der Waals surface area contributed by atoms with E-state index in [4.69, 9.17) is 4.99 Å². The Morgan fingerprint density at radius 1 is 0.957 bits per heavy atom. The van der Waals surface area contributed by atoms with Crippen LogP contribution in [0.3, 0.4) is 0 Å². The maximum absolute atomic E-state index is 9.46. The Hall–Kier alpha value is -2.25. The largest absolute Gasteiger partial charge is 0.508 e. The topological polar surface area (TPSA) is 63.3 Å². The van der Waals surface area contributed by atoms with Gasteiger partial charge in [0.1, 0.15) is 5.75 Å². The van der Waals surface area contributed by atoms with Gasteiger partial charge < -0.3 is 5.11 Å². The van der Waals surface area contributed by atoms with Crippen LogP contribution in [0.4, 0.5) is 5.69 Å². The molecule has 7 heteroatoms. The first kappa shape index (κ1) is 14.3. The summed E-state index contributed by atoms with van der Waals surface area (Å²) in [5.74, 6) is 0.962. The molecule has 5 nitrogen and oxygen atoms in total. The SMILES string of the molecule is Oc1ccc(-c2nnc3n2C(=Nc2ccccc2)SCS3)cc1. The fourth-order valence-corrected chi connectivity index (χ4v) is 4.24. The van der Waals surface area contributed by atoms with E-state index in [1.54, 1.807) is 35.7 Å². The van der Waals surface area contributed by atoms with Crippen LogP contribution in [0.25, 0.3) is 11.4 Å². The molecule has 0 saturated heterocycles. The van der Waals surface area contributed by atoms with E-state index in [0.29, 0.717) is 0 Å². The normalized spacial score (nSPS) is 15.6. The number of phenolic OH excluding ortho intramolecular Hbond substituents is 1. The van der Waals surface area contributed by atoms with Gasteiger partial charge in [0.05, 0.1) is 10.8 Å². The molecule has 23 heavy (non-hydrogen) atoms. The number of aliphatic imine (C=N–C) groups is 1. The van der Waals surface area contributed by atoms with Gasteiger partial charge in [-0.3, -0.25) is 0 Å². The van der Waals surface area contributed by atoms with E-state index in [-0.39, 0.29) is 5.75 Å². The van der Waals surface area contributed by atoms with E-state index in [1.807, 2.05) is 47.0 Å². The summed E-state index contributed by atoms with van der Waals surface area (Å²) in [4.78, 5) is 4.74. The number of aromatic nitrogens is 3. The van der Waals surface area contributed by atoms with E-state index in [9.17, 15) is 5.11 Å².